The number of nitrogens with one attached hydrogen (secondary N) is 1. The molecule has 0 aliphatic carbocycles. The first-order valence-corrected chi connectivity index (χ1v) is 12.2. The van der Waals surface area contributed by atoms with Crippen LogP contribution >= 0.6 is 0 Å². The standard InChI is InChI=1S/C27H36N4O5/c1-19(2)36-25-18-21(11-14-24(25)34-5)23-8-6-16-31(29-23)26(32)20-9-12-22(13-10-20)28-27(33)35-17-7-15-30(3)4/h9-14,18-19H,6-8,15-17H2,1-5H3,(H,28,33). The Hall–Kier alpha value is -3.59. The van der Waals surface area contributed by atoms with Crippen LogP contribution in [0.1, 0.15) is 49.0 Å². The van der Waals surface area contributed by atoms with Crippen molar-refractivity contribution in [2.24, 2.45) is 5.10 Å². The van der Waals surface area contributed by atoms with E-state index in [9.17, 15) is 9.59 Å². The molecule has 0 fully saturated rings. The van der Waals surface area contributed by atoms with E-state index in [4.69, 9.17) is 14.2 Å². The van der Waals surface area contributed by atoms with Crippen molar-refractivity contribution in [2.45, 2.75) is 39.2 Å². The number of hydrazone groups is 1. The summed E-state index contributed by atoms with van der Waals surface area (Å²) in [5, 5.41) is 8.82. The second-order valence-electron chi connectivity index (χ2n) is 9.11. The number of hydrogen-bond donors (Lipinski definition) is 1. The molecule has 3 rings (SSSR count). The molecule has 0 aromatic heterocycles. The highest BCUT2D eigenvalue weighted by Crippen LogP contribution is 2.30. The lowest BCUT2D eigenvalue weighted by Crippen LogP contribution is -2.32. The SMILES string of the molecule is COc1ccc(C2=NN(C(=O)c3ccc(NC(=O)OCCCN(C)C)cc3)CCC2)cc1OC(C)C. The third-order valence-electron chi connectivity index (χ3n) is 5.48. The smallest absolute Gasteiger partial charge is 0.411 e. The zero-order chi connectivity index (χ0) is 26.1. The molecule has 1 N–H and O–H groups in total. The first kappa shape index (κ1) is 27.0. The Morgan fingerprint density at radius 2 is 1.86 bits per heavy atom. The average molecular weight is 497 g/mol. The van der Waals surface area contributed by atoms with Gasteiger partial charge in [0.1, 0.15) is 0 Å². The van der Waals surface area contributed by atoms with Crippen LogP contribution in [-0.2, 0) is 4.74 Å². The average Bonchev–Trinajstić information content (AvgIpc) is 2.86. The molecule has 0 unspecified atom stereocenters. The van der Waals surface area contributed by atoms with E-state index in [1.807, 2.05) is 51.0 Å². The number of anilines is 1. The van der Waals surface area contributed by atoms with Gasteiger partial charge in [-0.05, 0) is 89.7 Å². The molecule has 0 radical (unpaired) electrons. The van der Waals surface area contributed by atoms with Gasteiger partial charge in [0.2, 0.25) is 0 Å². The summed E-state index contributed by atoms with van der Waals surface area (Å²) >= 11 is 0. The number of hydrogen-bond acceptors (Lipinski definition) is 7. The molecule has 2 amide bonds. The lowest BCUT2D eigenvalue weighted by molar-refractivity contribution is 0.0751. The van der Waals surface area contributed by atoms with Gasteiger partial charge >= 0.3 is 6.09 Å². The topological polar surface area (TPSA) is 92.7 Å². The van der Waals surface area contributed by atoms with E-state index in [2.05, 4.69) is 10.4 Å². The maximum atomic E-state index is 13.1. The van der Waals surface area contributed by atoms with Crippen molar-refractivity contribution in [3.63, 3.8) is 0 Å². The Labute approximate surface area is 213 Å². The van der Waals surface area contributed by atoms with Crippen LogP contribution in [0.3, 0.4) is 0 Å². The van der Waals surface area contributed by atoms with E-state index >= 15 is 0 Å². The Balaban J connectivity index is 1.64. The number of nitrogens with zero attached hydrogens (tertiary/aromatic N) is 3. The van der Waals surface area contributed by atoms with Gasteiger partial charge in [-0.2, -0.15) is 5.10 Å². The van der Waals surface area contributed by atoms with E-state index in [0.717, 1.165) is 37.1 Å². The monoisotopic (exact) mass is 496 g/mol. The van der Waals surface area contributed by atoms with Crippen molar-refractivity contribution in [3.05, 3.63) is 53.6 Å². The molecule has 9 nitrogen and oxygen atoms in total. The molecular formula is C27H36N4O5. The highest BCUT2D eigenvalue weighted by molar-refractivity contribution is 6.03. The number of carbonyl (C=O) groups is 2. The van der Waals surface area contributed by atoms with Gasteiger partial charge in [0.25, 0.3) is 5.91 Å². The van der Waals surface area contributed by atoms with Crippen molar-refractivity contribution < 1.29 is 23.8 Å². The minimum atomic E-state index is -0.515. The highest BCUT2D eigenvalue weighted by atomic mass is 16.5. The van der Waals surface area contributed by atoms with E-state index in [0.29, 0.717) is 35.9 Å². The molecule has 0 saturated carbocycles. The predicted molar refractivity (Wildman–Crippen MR) is 140 cm³/mol. The Morgan fingerprint density at radius 3 is 2.53 bits per heavy atom. The second-order valence-corrected chi connectivity index (χ2v) is 9.11. The van der Waals surface area contributed by atoms with Crippen molar-refractivity contribution in [1.29, 1.82) is 0 Å². The normalized spacial score (nSPS) is 13.4. The summed E-state index contributed by atoms with van der Waals surface area (Å²) in [6.07, 6.45) is 1.81. The van der Waals surface area contributed by atoms with Gasteiger partial charge in [-0.15, -0.1) is 0 Å². The van der Waals surface area contributed by atoms with Crippen LogP contribution in [-0.4, -0.2) is 74.6 Å². The number of methoxy groups -OCH3 is 1. The quantitative estimate of drug-likeness (QED) is 0.483. The molecule has 0 spiro atoms. The second kappa shape index (κ2) is 12.9. The summed E-state index contributed by atoms with van der Waals surface area (Å²) < 4.78 is 16.5. The fourth-order valence-corrected chi connectivity index (χ4v) is 3.74. The maximum absolute atomic E-state index is 13.1. The molecule has 0 bridgehead atoms. The summed E-state index contributed by atoms with van der Waals surface area (Å²) in [4.78, 5) is 27.1. The molecule has 0 atom stereocenters. The van der Waals surface area contributed by atoms with Crippen LogP contribution in [0.25, 0.3) is 0 Å². The van der Waals surface area contributed by atoms with Crippen molar-refractivity contribution in [2.75, 3.05) is 46.2 Å². The summed E-state index contributed by atoms with van der Waals surface area (Å²) in [7, 11) is 5.55. The summed E-state index contributed by atoms with van der Waals surface area (Å²) in [5.41, 5.74) is 2.76. The summed E-state index contributed by atoms with van der Waals surface area (Å²) in [6, 6.07) is 12.4. The van der Waals surface area contributed by atoms with Gasteiger partial charge in [0.05, 0.1) is 25.5 Å². The zero-order valence-corrected chi connectivity index (χ0v) is 21.7. The van der Waals surface area contributed by atoms with Crippen molar-refractivity contribution >= 4 is 23.4 Å². The summed E-state index contributed by atoms with van der Waals surface area (Å²) in [5.74, 6) is 1.11. The van der Waals surface area contributed by atoms with Crippen LogP contribution in [0.15, 0.2) is 47.6 Å². The van der Waals surface area contributed by atoms with E-state index in [1.165, 1.54) is 5.01 Å². The molecule has 9 heteroatoms. The van der Waals surface area contributed by atoms with Gasteiger partial charge < -0.3 is 19.1 Å². The zero-order valence-electron chi connectivity index (χ0n) is 21.7. The van der Waals surface area contributed by atoms with Crippen molar-refractivity contribution in [3.8, 4) is 11.5 Å². The molecule has 0 saturated heterocycles. The molecule has 194 valence electrons. The number of carbonyl (C=O) groups excluding carboxylic acids is 2. The molecule has 1 aliphatic heterocycles. The van der Waals surface area contributed by atoms with Gasteiger partial charge in [-0.1, -0.05) is 0 Å². The van der Waals surface area contributed by atoms with Gasteiger partial charge in [-0.3, -0.25) is 10.1 Å². The molecule has 1 heterocycles. The largest absolute Gasteiger partial charge is 0.493 e. The number of amides is 2. The minimum Gasteiger partial charge on any atom is -0.493 e. The fourth-order valence-electron chi connectivity index (χ4n) is 3.74. The maximum Gasteiger partial charge on any atom is 0.411 e. The predicted octanol–water partition coefficient (Wildman–Crippen LogP) is 4.62. The van der Waals surface area contributed by atoms with Crippen LogP contribution in [0, 0.1) is 0 Å². The summed E-state index contributed by atoms with van der Waals surface area (Å²) in [6.45, 7) is 5.64. The first-order chi connectivity index (χ1) is 17.3. The number of ether oxygens (including phenoxy) is 3. The third kappa shape index (κ3) is 7.71. The lowest BCUT2D eigenvalue weighted by Gasteiger charge is -2.24. The van der Waals surface area contributed by atoms with Gasteiger partial charge in [0.15, 0.2) is 11.5 Å². The number of rotatable bonds is 10. The minimum absolute atomic E-state index is 0.00270. The van der Waals surface area contributed by atoms with Gasteiger partial charge in [0, 0.05) is 29.9 Å². The molecule has 2 aromatic carbocycles. The first-order valence-electron chi connectivity index (χ1n) is 12.2. The Bertz CT molecular complexity index is 1070. The highest BCUT2D eigenvalue weighted by Gasteiger charge is 2.22. The molecular weight excluding hydrogens is 460 g/mol. The van der Waals surface area contributed by atoms with Crippen LogP contribution in [0.5, 0.6) is 11.5 Å². The Kier molecular flexibility index (Phi) is 9.69. The third-order valence-corrected chi connectivity index (χ3v) is 5.48. The Morgan fingerprint density at radius 1 is 1.11 bits per heavy atom. The van der Waals surface area contributed by atoms with Crippen molar-refractivity contribution in [1.82, 2.24) is 9.91 Å². The van der Waals surface area contributed by atoms with E-state index < -0.39 is 6.09 Å². The van der Waals surface area contributed by atoms with Gasteiger partial charge in [-0.25, -0.2) is 9.80 Å². The van der Waals surface area contributed by atoms with Crippen LogP contribution in [0.2, 0.25) is 0 Å². The molecule has 2 aromatic rings. The van der Waals surface area contributed by atoms with E-state index in [-0.39, 0.29) is 12.0 Å². The van der Waals surface area contributed by atoms with Crippen LogP contribution in [0.4, 0.5) is 10.5 Å². The fraction of sp³-hybridized carbons (Fsp3) is 0.444. The van der Waals surface area contributed by atoms with Crippen LogP contribution < -0.4 is 14.8 Å². The molecule has 36 heavy (non-hydrogen) atoms. The number of benzene rings is 2. The lowest BCUT2D eigenvalue weighted by atomic mass is 10.0. The van der Waals surface area contributed by atoms with E-state index in [1.54, 1.807) is 31.4 Å². The molecule has 1 aliphatic rings.